The van der Waals surface area contributed by atoms with E-state index in [2.05, 4.69) is 36.6 Å². The Labute approximate surface area is 186 Å². The lowest BCUT2D eigenvalue weighted by atomic mass is 10.1. The number of imidazole rings is 1. The summed E-state index contributed by atoms with van der Waals surface area (Å²) < 4.78 is 7.88. The third kappa shape index (κ3) is 5.46. The van der Waals surface area contributed by atoms with E-state index in [1.165, 1.54) is 5.56 Å². The van der Waals surface area contributed by atoms with Crippen molar-refractivity contribution in [1.82, 2.24) is 14.5 Å². The molecule has 0 aliphatic carbocycles. The van der Waals surface area contributed by atoms with Crippen molar-refractivity contribution >= 4 is 16.9 Å². The second-order valence-corrected chi connectivity index (χ2v) is 8.30. The maximum Gasteiger partial charge on any atom is 0.253 e. The highest BCUT2D eigenvalue weighted by Gasteiger charge is 2.17. The lowest BCUT2D eigenvalue weighted by molar-refractivity contribution is 0.0773. The number of nitrogens with zero attached hydrogens (tertiary/aromatic N) is 3. The molecule has 31 heavy (non-hydrogen) atoms. The number of aromatic nitrogens is 2. The molecule has 1 aromatic heterocycles. The van der Waals surface area contributed by atoms with Gasteiger partial charge in [-0.1, -0.05) is 26.0 Å². The normalized spacial score (nSPS) is 11.3. The minimum atomic E-state index is 0.0664. The van der Waals surface area contributed by atoms with Gasteiger partial charge in [-0.25, -0.2) is 4.98 Å². The van der Waals surface area contributed by atoms with Crippen LogP contribution >= 0.6 is 0 Å². The topological polar surface area (TPSA) is 47.4 Å². The average molecular weight is 422 g/mol. The fourth-order valence-corrected chi connectivity index (χ4v) is 3.83. The van der Waals surface area contributed by atoms with Crippen LogP contribution in [0.3, 0.4) is 0 Å². The number of carbonyl (C=O) groups is 1. The maximum atomic E-state index is 12.8. The Bertz CT molecular complexity index is 1000. The summed E-state index contributed by atoms with van der Waals surface area (Å²) in [5, 5.41) is 0. The lowest BCUT2D eigenvalue weighted by Gasteiger charge is -2.18. The van der Waals surface area contributed by atoms with E-state index in [1.807, 2.05) is 49.9 Å². The first-order valence-electron chi connectivity index (χ1n) is 11.5. The smallest absolute Gasteiger partial charge is 0.253 e. The molecule has 0 saturated heterocycles. The van der Waals surface area contributed by atoms with Crippen molar-refractivity contribution in [3.8, 4) is 5.75 Å². The number of benzene rings is 2. The number of fused-ring (bicyclic) bond motifs is 1. The predicted octanol–water partition coefficient (Wildman–Crippen LogP) is 5.55. The molecule has 0 bridgehead atoms. The van der Waals surface area contributed by atoms with Crippen LogP contribution in [0.25, 0.3) is 11.0 Å². The van der Waals surface area contributed by atoms with Gasteiger partial charge in [0.2, 0.25) is 0 Å². The van der Waals surface area contributed by atoms with Crippen molar-refractivity contribution in [2.45, 2.75) is 54.0 Å². The summed E-state index contributed by atoms with van der Waals surface area (Å²) in [6.07, 6.45) is 1.83. The van der Waals surface area contributed by atoms with E-state index in [9.17, 15) is 4.79 Å². The highest BCUT2D eigenvalue weighted by Crippen LogP contribution is 2.23. The third-order valence-corrected chi connectivity index (χ3v) is 5.65. The van der Waals surface area contributed by atoms with Gasteiger partial charge in [0.25, 0.3) is 5.91 Å². The first kappa shape index (κ1) is 22.9. The molecule has 5 heteroatoms. The standard InChI is InChI=1S/C26H35N3O2/c1-6-28(7-2)26(30)21-11-14-24-23(18-21)27-25(29(24)16-15-19(4)5)17-20-9-12-22(13-10-20)31-8-3/h9-14,18-19H,6-8,15-17H2,1-5H3. The van der Waals surface area contributed by atoms with Crippen LogP contribution in [0.2, 0.25) is 0 Å². The van der Waals surface area contributed by atoms with Gasteiger partial charge in [0.15, 0.2) is 0 Å². The summed E-state index contributed by atoms with van der Waals surface area (Å²) in [7, 11) is 0. The van der Waals surface area contributed by atoms with Crippen LogP contribution in [-0.2, 0) is 13.0 Å². The molecule has 3 rings (SSSR count). The molecule has 0 aliphatic heterocycles. The highest BCUT2D eigenvalue weighted by atomic mass is 16.5. The van der Waals surface area contributed by atoms with Crippen molar-refractivity contribution in [3.05, 3.63) is 59.4 Å². The Hall–Kier alpha value is -2.82. The summed E-state index contributed by atoms with van der Waals surface area (Å²) >= 11 is 0. The van der Waals surface area contributed by atoms with Gasteiger partial charge in [0, 0.05) is 31.6 Å². The summed E-state index contributed by atoms with van der Waals surface area (Å²) in [5.41, 5.74) is 3.89. The van der Waals surface area contributed by atoms with Crippen molar-refractivity contribution in [2.24, 2.45) is 5.92 Å². The van der Waals surface area contributed by atoms with Crippen LogP contribution in [-0.4, -0.2) is 40.1 Å². The Kier molecular flexibility index (Phi) is 7.72. The summed E-state index contributed by atoms with van der Waals surface area (Å²) in [5.74, 6) is 2.60. The Morgan fingerprint density at radius 1 is 1.06 bits per heavy atom. The molecule has 0 N–H and O–H groups in total. The maximum absolute atomic E-state index is 12.8. The van der Waals surface area contributed by atoms with Crippen molar-refractivity contribution in [2.75, 3.05) is 19.7 Å². The van der Waals surface area contributed by atoms with Gasteiger partial charge in [0.05, 0.1) is 17.6 Å². The van der Waals surface area contributed by atoms with E-state index >= 15 is 0 Å². The van der Waals surface area contributed by atoms with Crippen LogP contribution in [0.5, 0.6) is 5.75 Å². The van der Waals surface area contributed by atoms with Gasteiger partial charge in [0.1, 0.15) is 11.6 Å². The first-order valence-corrected chi connectivity index (χ1v) is 11.5. The lowest BCUT2D eigenvalue weighted by Crippen LogP contribution is -2.30. The summed E-state index contributed by atoms with van der Waals surface area (Å²) in [6, 6.07) is 14.2. The molecule has 0 radical (unpaired) electrons. The quantitative estimate of drug-likeness (QED) is 0.431. The van der Waals surface area contributed by atoms with Crippen molar-refractivity contribution < 1.29 is 9.53 Å². The molecule has 0 aliphatic rings. The molecular formula is C26H35N3O2. The molecule has 0 saturated carbocycles. The molecule has 2 aromatic carbocycles. The van der Waals surface area contributed by atoms with Crippen LogP contribution in [0.15, 0.2) is 42.5 Å². The molecule has 166 valence electrons. The average Bonchev–Trinajstić information content (AvgIpc) is 3.10. The second-order valence-electron chi connectivity index (χ2n) is 8.30. The minimum absolute atomic E-state index is 0.0664. The Morgan fingerprint density at radius 3 is 2.39 bits per heavy atom. The SMILES string of the molecule is CCOc1ccc(Cc2nc3cc(C(=O)N(CC)CC)ccc3n2CCC(C)C)cc1. The zero-order valence-electron chi connectivity index (χ0n) is 19.5. The van der Waals surface area contributed by atoms with E-state index in [0.717, 1.165) is 42.0 Å². The largest absolute Gasteiger partial charge is 0.494 e. The molecule has 5 nitrogen and oxygen atoms in total. The number of aryl methyl sites for hydroxylation is 1. The molecule has 0 atom stereocenters. The van der Waals surface area contributed by atoms with Gasteiger partial charge < -0.3 is 14.2 Å². The van der Waals surface area contributed by atoms with Crippen LogP contribution < -0.4 is 4.74 Å². The van der Waals surface area contributed by atoms with E-state index < -0.39 is 0 Å². The zero-order valence-corrected chi connectivity index (χ0v) is 19.5. The van der Waals surface area contributed by atoms with Gasteiger partial charge >= 0.3 is 0 Å². The molecule has 3 aromatic rings. The van der Waals surface area contributed by atoms with Crippen molar-refractivity contribution in [1.29, 1.82) is 0 Å². The van der Waals surface area contributed by atoms with Gasteiger partial charge in [-0.2, -0.15) is 0 Å². The highest BCUT2D eigenvalue weighted by molar-refractivity contribution is 5.97. The monoisotopic (exact) mass is 421 g/mol. The molecule has 0 fully saturated rings. The summed E-state index contributed by atoms with van der Waals surface area (Å²) in [4.78, 5) is 19.6. The number of carbonyl (C=O) groups excluding carboxylic acids is 1. The predicted molar refractivity (Wildman–Crippen MR) is 127 cm³/mol. The number of hydrogen-bond acceptors (Lipinski definition) is 3. The third-order valence-electron chi connectivity index (χ3n) is 5.65. The van der Waals surface area contributed by atoms with Gasteiger partial charge in [-0.15, -0.1) is 0 Å². The Balaban J connectivity index is 1.95. The van der Waals surface area contributed by atoms with E-state index in [0.29, 0.717) is 31.2 Å². The molecule has 1 heterocycles. The number of hydrogen-bond donors (Lipinski definition) is 0. The van der Waals surface area contributed by atoms with Crippen molar-refractivity contribution in [3.63, 3.8) is 0 Å². The van der Waals surface area contributed by atoms with Gasteiger partial charge in [-0.05, 0) is 69.0 Å². The van der Waals surface area contributed by atoms with Crippen LogP contribution in [0.1, 0.15) is 62.8 Å². The van der Waals surface area contributed by atoms with Gasteiger partial charge in [-0.3, -0.25) is 4.79 Å². The molecule has 0 spiro atoms. The fourth-order valence-electron chi connectivity index (χ4n) is 3.83. The first-order chi connectivity index (χ1) is 15.0. The molecule has 0 unspecified atom stereocenters. The molecule has 1 amide bonds. The molecular weight excluding hydrogens is 386 g/mol. The van der Waals surface area contributed by atoms with E-state index in [4.69, 9.17) is 9.72 Å². The Morgan fingerprint density at radius 2 is 1.77 bits per heavy atom. The summed E-state index contributed by atoms with van der Waals surface area (Å²) in [6.45, 7) is 13.5. The minimum Gasteiger partial charge on any atom is -0.494 e. The number of amides is 1. The zero-order chi connectivity index (χ0) is 22.4. The van der Waals surface area contributed by atoms with Crippen LogP contribution in [0, 0.1) is 5.92 Å². The number of rotatable bonds is 10. The van der Waals surface area contributed by atoms with E-state index in [1.54, 1.807) is 0 Å². The second kappa shape index (κ2) is 10.5. The van der Waals surface area contributed by atoms with E-state index in [-0.39, 0.29) is 5.91 Å². The van der Waals surface area contributed by atoms with Crippen LogP contribution in [0.4, 0.5) is 0 Å². The number of ether oxygens (including phenoxy) is 1. The fraction of sp³-hybridized carbons (Fsp3) is 0.462.